The number of benzene rings is 1. The second kappa shape index (κ2) is 5.13. The van der Waals surface area contributed by atoms with E-state index >= 15 is 0 Å². The van der Waals surface area contributed by atoms with E-state index in [1.54, 1.807) is 18.0 Å². The second-order valence-electron chi connectivity index (χ2n) is 4.39. The lowest BCUT2D eigenvalue weighted by Gasteiger charge is -2.00. The topological polar surface area (TPSA) is 43.8 Å². The van der Waals surface area contributed by atoms with Crippen LogP contribution in [-0.4, -0.2) is 22.0 Å². The van der Waals surface area contributed by atoms with Gasteiger partial charge in [0.2, 0.25) is 0 Å². The molecule has 0 N–H and O–H groups in total. The summed E-state index contributed by atoms with van der Waals surface area (Å²) in [5.74, 6) is 1.64. The van der Waals surface area contributed by atoms with E-state index in [0.717, 1.165) is 22.8 Å². The average Bonchev–Trinajstić information content (AvgIpc) is 2.90. The van der Waals surface area contributed by atoms with Gasteiger partial charge in [0.05, 0.1) is 14.2 Å². The van der Waals surface area contributed by atoms with Gasteiger partial charge in [-0.05, 0) is 30.3 Å². The first-order valence-corrected chi connectivity index (χ1v) is 6.30. The Kier molecular flexibility index (Phi) is 3.16. The van der Waals surface area contributed by atoms with Crippen molar-refractivity contribution >= 4 is 0 Å². The minimum Gasteiger partial charge on any atom is -0.497 e. The largest absolute Gasteiger partial charge is 0.497 e. The summed E-state index contributed by atoms with van der Waals surface area (Å²) in [4.78, 5) is 4.29. The van der Waals surface area contributed by atoms with Gasteiger partial charge in [0.15, 0.2) is 5.69 Å². The molecule has 1 aromatic carbocycles. The van der Waals surface area contributed by atoms with E-state index in [-0.39, 0.29) is 0 Å². The lowest BCUT2D eigenvalue weighted by molar-refractivity contribution is -0.664. The summed E-state index contributed by atoms with van der Waals surface area (Å²) in [6, 6.07) is 13.7. The fourth-order valence-corrected chi connectivity index (χ4v) is 2.04. The average molecular weight is 267 g/mol. The molecule has 3 rings (SSSR count). The minimum atomic E-state index is 0.794. The van der Waals surface area contributed by atoms with Crippen molar-refractivity contribution in [2.24, 2.45) is 7.05 Å². The van der Waals surface area contributed by atoms with Gasteiger partial charge in [0.1, 0.15) is 18.1 Å². The summed E-state index contributed by atoms with van der Waals surface area (Å²) in [6.45, 7) is 0. The highest BCUT2D eigenvalue weighted by molar-refractivity contribution is 5.58. The van der Waals surface area contributed by atoms with Gasteiger partial charge in [0.25, 0.3) is 5.82 Å². The van der Waals surface area contributed by atoms with E-state index < -0.39 is 0 Å². The Morgan fingerprint density at radius 3 is 2.55 bits per heavy atom. The summed E-state index contributed by atoms with van der Waals surface area (Å²) < 4.78 is 8.77. The van der Waals surface area contributed by atoms with Crippen LogP contribution in [0.2, 0.25) is 0 Å². The van der Waals surface area contributed by atoms with Crippen molar-refractivity contribution in [2.75, 3.05) is 7.11 Å². The van der Waals surface area contributed by atoms with Crippen LogP contribution in [0.25, 0.3) is 17.1 Å². The maximum atomic E-state index is 5.17. The number of methoxy groups -OCH3 is 1. The summed E-state index contributed by atoms with van der Waals surface area (Å²) in [7, 11) is 3.58. The van der Waals surface area contributed by atoms with Crippen molar-refractivity contribution < 1.29 is 9.42 Å². The van der Waals surface area contributed by atoms with Crippen molar-refractivity contribution in [1.29, 1.82) is 0 Å². The van der Waals surface area contributed by atoms with Crippen LogP contribution in [0, 0.1) is 0 Å². The lowest BCUT2D eigenvalue weighted by atomic mass is 10.1. The molecule has 0 spiro atoms. The molecule has 3 aromatic rings. The third kappa shape index (κ3) is 2.25. The SMILES string of the molecule is COc1ccc(-c2c[n+](-c3ccccn3)nn2C)cc1. The van der Waals surface area contributed by atoms with Gasteiger partial charge >= 0.3 is 0 Å². The van der Waals surface area contributed by atoms with Crippen molar-refractivity contribution in [1.82, 2.24) is 14.9 Å². The molecule has 0 aliphatic heterocycles. The Balaban J connectivity index is 2.00. The Morgan fingerprint density at radius 1 is 1.10 bits per heavy atom. The minimum absolute atomic E-state index is 0.794. The van der Waals surface area contributed by atoms with Gasteiger partial charge in [-0.25, -0.2) is 0 Å². The van der Waals surface area contributed by atoms with Crippen LogP contribution in [0.3, 0.4) is 0 Å². The Hall–Kier alpha value is -2.69. The molecule has 0 amide bonds. The van der Waals surface area contributed by atoms with Gasteiger partial charge in [0, 0.05) is 16.8 Å². The molecule has 5 heteroatoms. The Bertz CT molecular complexity index is 704. The Morgan fingerprint density at radius 2 is 1.90 bits per heavy atom. The van der Waals surface area contributed by atoms with Gasteiger partial charge in [-0.2, -0.15) is 4.68 Å². The summed E-state index contributed by atoms with van der Waals surface area (Å²) in [5.41, 5.74) is 2.09. The molecule has 0 saturated heterocycles. The highest BCUT2D eigenvalue weighted by Gasteiger charge is 2.14. The zero-order valence-electron chi connectivity index (χ0n) is 11.4. The molecule has 0 saturated carbocycles. The standard InChI is InChI=1S/C15H15N4O/c1-18-14(12-6-8-13(20-2)9-7-12)11-19(17-18)15-5-3-4-10-16-15/h3-11H,1-2H3/q+1. The Labute approximate surface area is 117 Å². The van der Waals surface area contributed by atoms with E-state index in [0.29, 0.717) is 0 Å². The predicted octanol–water partition coefficient (Wildman–Crippen LogP) is 1.77. The number of pyridine rings is 1. The maximum absolute atomic E-state index is 5.17. The quantitative estimate of drug-likeness (QED) is 0.679. The predicted molar refractivity (Wildman–Crippen MR) is 74.5 cm³/mol. The van der Waals surface area contributed by atoms with Gasteiger partial charge in [-0.15, -0.1) is 9.67 Å². The number of nitrogens with zero attached hydrogens (tertiary/aromatic N) is 4. The zero-order valence-corrected chi connectivity index (χ0v) is 11.4. The maximum Gasteiger partial charge on any atom is 0.285 e. The number of hydrogen-bond donors (Lipinski definition) is 0. The van der Waals surface area contributed by atoms with Crippen LogP contribution >= 0.6 is 0 Å². The van der Waals surface area contributed by atoms with Crippen molar-refractivity contribution in [2.45, 2.75) is 0 Å². The van der Waals surface area contributed by atoms with E-state index in [9.17, 15) is 0 Å². The number of aryl methyl sites for hydroxylation is 1. The smallest absolute Gasteiger partial charge is 0.285 e. The van der Waals surface area contributed by atoms with Crippen LogP contribution < -0.4 is 9.42 Å². The summed E-state index contributed by atoms with van der Waals surface area (Å²) >= 11 is 0. The molecule has 0 aliphatic rings. The van der Waals surface area contributed by atoms with Crippen molar-refractivity contribution in [3.8, 4) is 22.8 Å². The van der Waals surface area contributed by atoms with Gasteiger partial charge in [-0.1, -0.05) is 6.07 Å². The van der Waals surface area contributed by atoms with E-state index in [1.807, 2.05) is 60.4 Å². The van der Waals surface area contributed by atoms with Crippen LogP contribution in [0.15, 0.2) is 54.9 Å². The molecule has 0 bridgehead atoms. The molecular weight excluding hydrogens is 252 g/mol. The van der Waals surface area contributed by atoms with Gasteiger partial charge < -0.3 is 4.74 Å². The molecule has 0 radical (unpaired) electrons. The van der Waals surface area contributed by atoms with Crippen molar-refractivity contribution in [3.05, 3.63) is 54.9 Å². The number of aromatic nitrogens is 4. The van der Waals surface area contributed by atoms with Crippen LogP contribution in [0.1, 0.15) is 0 Å². The number of hydrogen-bond acceptors (Lipinski definition) is 3. The van der Waals surface area contributed by atoms with Crippen LogP contribution in [-0.2, 0) is 7.05 Å². The molecule has 5 nitrogen and oxygen atoms in total. The molecular formula is C15H15N4O+. The molecule has 0 unspecified atom stereocenters. The lowest BCUT2D eigenvalue weighted by Crippen LogP contribution is -2.33. The molecule has 100 valence electrons. The third-order valence-electron chi connectivity index (χ3n) is 3.09. The molecule has 0 fully saturated rings. The first kappa shape index (κ1) is 12.3. The summed E-state index contributed by atoms with van der Waals surface area (Å²) in [6.07, 6.45) is 3.72. The third-order valence-corrected chi connectivity index (χ3v) is 3.09. The van der Waals surface area contributed by atoms with Crippen LogP contribution in [0.5, 0.6) is 5.75 Å². The molecule has 2 aromatic heterocycles. The first-order valence-electron chi connectivity index (χ1n) is 6.30. The fraction of sp³-hybridized carbons (Fsp3) is 0.133. The van der Waals surface area contributed by atoms with E-state index in [1.165, 1.54) is 0 Å². The molecule has 2 heterocycles. The molecule has 20 heavy (non-hydrogen) atoms. The monoisotopic (exact) mass is 267 g/mol. The van der Waals surface area contributed by atoms with Gasteiger partial charge in [-0.3, -0.25) is 0 Å². The normalized spacial score (nSPS) is 10.5. The highest BCUT2D eigenvalue weighted by atomic mass is 16.5. The van der Waals surface area contributed by atoms with Crippen molar-refractivity contribution in [3.63, 3.8) is 0 Å². The zero-order chi connectivity index (χ0) is 13.9. The summed E-state index contributed by atoms with van der Waals surface area (Å²) in [5, 5.41) is 4.44. The second-order valence-corrected chi connectivity index (χ2v) is 4.39. The van der Waals surface area contributed by atoms with E-state index in [2.05, 4.69) is 10.2 Å². The first-order chi connectivity index (χ1) is 9.78. The molecule has 0 atom stereocenters. The highest BCUT2D eigenvalue weighted by Crippen LogP contribution is 2.20. The number of rotatable bonds is 3. The fourth-order valence-electron chi connectivity index (χ4n) is 2.04. The van der Waals surface area contributed by atoms with Crippen LogP contribution in [0.4, 0.5) is 0 Å². The van der Waals surface area contributed by atoms with E-state index in [4.69, 9.17) is 4.74 Å². The molecule has 0 aliphatic carbocycles. The number of ether oxygens (including phenoxy) is 1.